The first-order valence-electron chi connectivity index (χ1n) is 13.1. The summed E-state index contributed by atoms with van der Waals surface area (Å²) in [5, 5.41) is 30.4. The molecule has 6 N–H and O–H groups in total. The topological polar surface area (TPSA) is 144 Å². The van der Waals surface area contributed by atoms with Crippen molar-refractivity contribution in [1.29, 1.82) is 0 Å². The van der Waals surface area contributed by atoms with Crippen molar-refractivity contribution in [1.82, 2.24) is 20.6 Å². The number of aromatic hydroxyl groups is 1. The molecule has 40 heavy (non-hydrogen) atoms. The number of phenols is 1. The summed E-state index contributed by atoms with van der Waals surface area (Å²) in [6.45, 7) is 0.410. The third kappa shape index (κ3) is 5.07. The molecule has 10 nitrogen and oxygen atoms in total. The highest BCUT2D eigenvalue weighted by Crippen LogP contribution is 2.35. The Kier molecular flexibility index (Phi) is 7.04. The molecule has 3 heterocycles. The Morgan fingerprint density at radius 2 is 2.00 bits per heavy atom. The number of imidazole rings is 1. The van der Waals surface area contributed by atoms with Crippen molar-refractivity contribution in [3.8, 4) is 17.1 Å². The third-order valence-electron chi connectivity index (χ3n) is 7.25. The normalized spacial score (nSPS) is 21.6. The van der Waals surface area contributed by atoms with Crippen LogP contribution in [-0.4, -0.2) is 58.4 Å². The van der Waals surface area contributed by atoms with Gasteiger partial charge in [-0.15, -0.1) is 0 Å². The number of carbonyl (C=O) groups excluding carboxylic acids is 1. The molecule has 6 rings (SSSR count). The van der Waals surface area contributed by atoms with Crippen LogP contribution in [0.4, 0.5) is 5.69 Å². The molecule has 0 spiro atoms. The fourth-order valence-corrected chi connectivity index (χ4v) is 5.17. The number of carbonyl (C=O) groups is 1. The van der Waals surface area contributed by atoms with Crippen LogP contribution in [0.2, 0.25) is 0 Å². The molecule has 1 amide bonds. The maximum atomic E-state index is 12.9. The highest BCUT2D eigenvalue weighted by molar-refractivity contribution is 5.97. The van der Waals surface area contributed by atoms with Gasteiger partial charge >= 0.3 is 0 Å². The first-order valence-corrected chi connectivity index (χ1v) is 13.1. The molecule has 4 aromatic rings. The fraction of sp³-hybridized carbons (Fsp3) is 0.233. The second-order valence-electron chi connectivity index (χ2n) is 9.83. The third-order valence-corrected chi connectivity index (χ3v) is 7.25. The van der Waals surface area contributed by atoms with E-state index in [-0.39, 0.29) is 30.0 Å². The van der Waals surface area contributed by atoms with E-state index in [1.54, 1.807) is 37.6 Å². The van der Waals surface area contributed by atoms with Gasteiger partial charge in [-0.25, -0.2) is 4.98 Å². The standard InChI is InChI=1S/C30H30N6O4/c1-40-30-19(6-4-13-32-30)17-9-11-25(37)21(15-17)27-34-23-10-8-18(16-24(23)35-27)28(38)31-14-12-26-33-22-7-3-2-5-20(22)29(39)36-26/h2-11,13,15-16,19,26,29-30,33,36-37,39H,12,14H2,1H3,(H,31,38)(H,34,35). The van der Waals surface area contributed by atoms with Crippen molar-refractivity contribution in [2.45, 2.75) is 31.0 Å². The summed E-state index contributed by atoms with van der Waals surface area (Å²) in [6, 6.07) is 18.2. The molecule has 0 aliphatic carbocycles. The Hall–Kier alpha value is -4.51. The summed E-state index contributed by atoms with van der Waals surface area (Å²) in [6.07, 6.45) is 4.91. The Bertz CT molecular complexity index is 1610. The number of allylic oxidation sites excluding steroid dienone is 1. The average molecular weight is 539 g/mol. The number of fused-ring (bicyclic) bond motifs is 2. The predicted molar refractivity (Wildman–Crippen MR) is 153 cm³/mol. The van der Waals surface area contributed by atoms with Crippen LogP contribution >= 0.6 is 0 Å². The van der Waals surface area contributed by atoms with Crippen LogP contribution in [0.25, 0.3) is 22.4 Å². The highest BCUT2D eigenvalue weighted by atomic mass is 16.5. The SMILES string of the molecule is COC1N=CC=CC1c1ccc(O)c(-c2nc3ccc(C(=O)NCCC4Nc5ccccc5C(O)N4)cc3[nH]2)c1. The number of amides is 1. The number of aromatic nitrogens is 2. The van der Waals surface area contributed by atoms with Gasteiger partial charge in [-0.2, -0.15) is 0 Å². The van der Waals surface area contributed by atoms with E-state index >= 15 is 0 Å². The van der Waals surface area contributed by atoms with Crippen molar-refractivity contribution < 1.29 is 19.7 Å². The van der Waals surface area contributed by atoms with Gasteiger partial charge in [0.25, 0.3) is 5.91 Å². The van der Waals surface area contributed by atoms with Crippen molar-refractivity contribution in [2.24, 2.45) is 4.99 Å². The van der Waals surface area contributed by atoms with Gasteiger partial charge in [0.1, 0.15) is 17.8 Å². The summed E-state index contributed by atoms with van der Waals surface area (Å²) in [5.41, 5.74) is 5.01. The number of anilines is 1. The van der Waals surface area contributed by atoms with Crippen LogP contribution in [0.3, 0.4) is 0 Å². The zero-order valence-electron chi connectivity index (χ0n) is 21.8. The molecule has 0 radical (unpaired) electrons. The smallest absolute Gasteiger partial charge is 0.251 e. The van der Waals surface area contributed by atoms with Crippen LogP contribution in [0.1, 0.15) is 40.1 Å². The molecule has 0 saturated heterocycles. The van der Waals surface area contributed by atoms with Crippen LogP contribution in [0, 0.1) is 0 Å². The van der Waals surface area contributed by atoms with Gasteiger partial charge in [-0.1, -0.05) is 30.3 Å². The van der Waals surface area contributed by atoms with Crippen molar-refractivity contribution in [3.05, 3.63) is 89.5 Å². The van der Waals surface area contributed by atoms with Gasteiger partial charge in [-0.3, -0.25) is 15.1 Å². The van der Waals surface area contributed by atoms with E-state index in [0.29, 0.717) is 41.0 Å². The van der Waals surface area contributed by atoms with E-state index in [0.717, 1.165) is 16.8 Å². The molecule has 0 fully saturated rings. The van der Waals surface area contributed by atoms with E-state index in [1.807, 2.05) is 48.6 Å². The lowest BCUT2D eigenvalue weighted by molar-refractivity contribution is 0.0947. The lowest BCUT2D eigenvalue weighted by Crippen LogP contribution is -2.45. The molecule has 1 aromatic heterocycles. The van der Waals surface area contributed by atoms with E-state index in [2.05, 4.69) is 30.9 Å². The molecule has 0 saturated carbocycles. The lowest BCUT2D eigenvalue weighted by Gasteiger charge is -2.32. The Balaban J connectivity index is 1.14. The quantitative estimate of drug-likeness (QED) is 0.210. The predicted octanol–water partition coefficient (Wildman–Crippen LogP) is 3.78. The number of benzene rings is 3. The van der Waals surface area contributed by atoms with Gasteiger partial charge < -0.3 is 30.6 Å². The number of aliphatic imine (C=N–C) groups is 1. The molecule has 0 bridgehead atoms. The maximum absolute atomic E-state index is 12.9. The lowest BCUT2D eigenvalue weighted by atomic mass is 9.93. The Labute approximate surface area is 230 Å². The van der Waals surface area contributed by atoms with Gasteiger partial charge in [-0.05, 0) is 54.5 Å². The van der Waals surface area contributed by atoms with Crippen LogP contribution in [-0.2, 0) is 4.74 Å². The molecule has 3 aromatic carbocycles. The molecule has 2 aliphatic heterocycles. The molecule has 2 aliphatic rings. The van der Waals surface area contributed by atoms with Crippen molar-refractivity contribution >= 4 is 28.8 Å². The van der Waals surface area contributed by atoms with E-state index in [1.165, 1.54) is 0 Å². The maximum Gasteiger partial charge on any atom is 0.251 e. The summed E-state index contributed by atoms with van der Waals surface area (Å²) < 4.78 is 5.51. The Morgan fingerprint density at radius 1 is 1.12 bits per heavy atom. The summed E-state index contributed by atoms with van der Waals surface area (Å²) in [5.74, 6) is 0.286. The summed E-state index contributed by atoms with van der Waals surface area (Å²) in [4.78, 5) is 25.2. The van der Waals surface area contributed by atoms with Crippen LogP contribution < -0.4 is 16.0 Å². The molecular weight excluding hydrogens is 508 g/mol. The number of methoxy groups -OCH3 is 1. The number of hydrogen-bond acceptors (Lipinski definition) is 8. The molecular formula is C30H30N6O4. The number of aromatic amines is 1. The number of phenolic OH excluding ortho intramolecular Hbond substituents is 1. The number of H-pyrrole nitrogens is 1. The Morgan fingerprint density at radius 3 is 2.88 bits per heavy atom. The summed E-state index contributed by atoms with van der Waals surface area (Å²) >= 11 is 0. The number of rotatable bonds is 7. The second-order valence-corrected chi connectivity index (χ2v) is 9.83. The minimum absolute atomic E-state index is 0.0916. The number of hydrogen-bond donors (Lipinski definition) is 6. The number of para-hydroxylation sites is 1. The van der Waals surface area contributed by atoms with E-state index < -0.39 is 6.23 Å². The van der Waals surface area contributed by atoms with Gasteiger partial charge in [0.15, 0.2) is 6.23 Å². The number of dihydropyridines is 1. The zero-order valence-corrected chi connectivity index (χ0v) is 21.8. The molecule has 10 heteroatoms. The summed E-state index contributed by atoms with van der Waals surface area (Å²) in [7, 11) is 1.62. The number of nitrogens with zero attached hydrogens (tertiary/aromatic N) is 2. The van der Waals surface area contributed by atoms with E-state index in [9.17, 15) is 15.0 Å². The molecule has 4 atom stereocenters. The van der Waals surface area contributed by atoms with Crippen molar-refractivity contribution in [2.75, 3.05) is 19.0 Å². The number of aliphatic hydroxyl groups excluding tert-OH is 1. The fourth-order valence-electron chi connectivity index (χ4n) is 5.17. The van der Waals surface area contributed by atoms with Gasteiger partial charge in [0.05, 0.1) is 22.8 Å². The monoisotopic (exact) mass is 538 g/mol. The van der Waals surface area contributed by atoms with Crippen molar-refractivity contribution in [3.63, 3.8) is 0 Å². The van der Waals surface area contributed by atoms with Crippen LogP contribution in [0.5, 0.6) is 5.75 Å². The van der Waals surface area contributed by atoms with Gasteiger partial charge in [0.2, 0.25) is 0 Å². The first kappa shape index (κ1) is 25.8. The van der Waals surface area contributed by atoms with E-state index in [4.69, 9.17) is 4.74 Å². The highest BCUT2D eigenvalue weighted by Gasteiger charge is 2.24. The number of aliphatic hydroxyl groups is 1. The minimum Gasteiger partial charge on any atom is -0.507 e. The van der Waals surface area contributed by atoms with Gasteiger partial charge in [0, 0.05) is 42.6 Å². The van der Waals surface area contributed by atoms with Crippen LogP contribution in [0.15, 0.2) is 77.8 Å². The first-order chi connectivity index (χ1) is 19.5. The molecule has 4 unspecified atom stereocenters. The zero-order chi connectivity index (χ0) is 27.6. The average Bonchev–Trinajstić information content (AvgIpc) is 3.41. The number of nitrogens with one attached hydrogen (secondary N) is 4. The minimum atomic E-state index is -0.760. The largest absolute Gasteiger partial charge is 0.507 e. The molecule has 204 valence electrons. The second kappa shape index (κ2) is 10.9. The number of ether oxygens (including phenoxy) is 1.